The lowest BCUT2D eigenvalue weighted by molar-refractivity contribution is 0.627. The highest BCUT2D eigenvalue weighted by atomic mass is 19.1. The minimum atomic E-state index is -0.249. The molecule has 0 aromatic heterocycles. The van der Waals surface area contributed by atoms with Crippen LogP contribution in [0.5, 0.6) is 0 Å². The standard InChI is InChI=1S/C63H40F2/c1-3-39-19-31-54(57-34-23-46-20-30-53(38(2)60(46)61(39)57)42-15-26-51(64)27-16-42)43-11-7-40(8-12-43)49-5-4-6-50(37-49)41-9-13-44(14-10-41)55-32-21-47-25-36-59-56(45-17-28-52(65)29-18-45)33-22-48-24-35-58(55)62(47)63(48)59/h3-37H,2H2,1H3/b39-3-. The Morgan fingerprint density at radius 3 is 1.14 bits per heavy atom. The van der Waals surface area contributed by atoms with Gasteiger partial charge in [-0.3, -0.25) is 0 Å². The average Bonchev–Trinajstić information content (AvgIpc) is 3.36. The number of halogens is 2. The molecule has 0 N–H and O–H groups in total. The van der Waals surface area contributed by atoms with Crippen LogP contribution in [0.1, 0.15) is 6.92 Å². The van der Waals surface area contributed by atoms with E-state index < -0.39 is 0 Å². The van der Waals surface area contributed by atoms with E-state index in [1.54, 1.807) is 0 Å². The number of hydrogen-bond acceptors (Lipinski definition) is 0. The van der Waals surface area contributed by atoms with Gasteiger partial charge in [0.05, 0.1) is 0 Å². The van der Waals surface area contributed by atoms with Crippen molar-refractivity contribution >= 4 is 66.5 Å². The van der Waals surface area contributed by atoms with Crippen molar-refractivity contribution < 1.29 is 8.78 Å². The molecule has 0 nitrogen and oxygen atoms in total. The molecule has 0 heterocycles. The maximum Gasteiger partial charge on any atom is 0.123 e. The van der Waals surface area contributed by atoms with E-state index in [9.17, 15) is 8.78 Å². The molecule has 0 amide bonds. The molecule has 0 bridgehead atoms. The number of hydrogen-bond donors (Lipinski definition) is 0. The maximum atomic E-state index is 13.8. The van der Waals surface area contributed by atoms with Crippen molar-refractivity contribution in [3.8, 4) is 66.8 Å². The summed E-state index contributed by atoms with van der Waals surface area (Å²) in [6.45, 7) is 6.67. The summed E-state index contributed by atoms with van der Waals surface area (Å²) in [5, 5.41) is 14.0. The molecule has 2 heteroatoms. The highest BCUT2D eigenvalue weighted by Gasteiger charge is 2.16. The summed E-state index contributed by atoms with van der Waals surface area (Å²) in [6.07, 6.45) is 2.17. The molecule has 65 heavy (non-hydrogen) atoms. The van der Waals surface area contributed by atoms with Gasteiger partial charge in [-0.2, -0.15) is 0 Å². The van der Waals surface area contributed by atoms with Gasteiger partial charge in [-0.05, 0) is 168 Å². The van der Waals surface area contributed by atoms with Crippen LogP contribution in [0, 0.1) is 11.6 Å². The van der Waals surface area contributed by atoms with Gasteiger partial charge in [-0.1, -0.05) is 189 Å². The normalized spacial score (nSPS) is 12.1. The molecule has 0 unspecified atom stereocenters. The summed E-state index contributed by atoms with van der Waals surface area (Å²) in [5.41, 5.74) is 13.4. The molecule has 0 saturated heterocycles. The molecule has 0 saturated carbocycles. The quantitative estimate of drug-likeness (QED) is 0.146. The number of fused-ring (bicyclic) bond motifs is 3. The minimum Gasteiger partial charge on any atom is -0.207 e. The van der Waals surface area contributed by atoms with Crippen molar-refractivity contribution in [3.05, 3.63) is 228 Å². The third kappa shape index (κ3) is 6.40. The second-order valence-electron chi connectivity index (χ2n) is 17.1. The molecule has 0 radical (unpaired) electrons. The molecule has 12 rings (SSSR count). The van der Waals surface area contributed by atoms with Crippen LogP contribution >= 0.6 is 0 Å². The smallest absolute Gasteiger partial charge is 0.123 e. The van der Waals surface area contributed by atoms with Crippen molar-refractivity contribution in [3.63, 3.8) is 0 Å². The second kappa shape index (κ2) is 15.3. The molecular formula is C63H40F2. The first-order chi connectivity index (χ1) is 31.9. The first-order valence-corrected chi connectivity index (χ1v) is 22.1. The van der Waals surface area contributed by atoms with Crippen LogP contribution in [0.3, 0.4) is 0 Å². The molecule has 0 aliphatic carbocycles. The van der Waals surface area contributed by atoms with Crippen molar-refractivity contribution in [1.82, 2.24) is 0 Å². The molecule has 0 atom stereocenters. The largest absolute Gasteiger partial charge is 0.207 e. The fourth-order valence-corrected chi connectivity index (χ4v) is 10.3. The maximum absolute atomic E-state index is 13.8. The fourth-order valence-electron chi connectivity index (χ4n) is 10.3. The van der Waals surface area contributed by atoms with Crippen LogP contribution in [-0.4, -0.2) is 0 Å². The Morgan fingerprint density at radius 1 is 0.323 bits per heavy atom. The SMILES string of the molecule is C=c1c(-c2ccc(F)cc2)ccc2ccc3c(-c4ccc(-c5cccc(-c6ccc(-c7ccc8ccc9c(-c%10ccc(F)cc%10)ccc%10ccc7c8c%109)cc6)c5)cc4)cc/c(=C/C)c3c12. The third-order valence-electron chi connectivity index (χ3n) is 13.5. The van der Waals surface area contributed by atoms with Crippen LogP contribution in [0.25, 0.3) is 133 Å². The van der Waals surface area contributed by atoms with E-state index in [0.717, 1.165) is 71.3 Å². The van der Waals surface area contributed by atoms with Gasteiger partial charge < -0.3 is 0 Å². The lowest BCUT2D eigenvalue weighted by Crippen LogP contribution is -2.10. The Balaban J connectivity index is 0.866. The second-order valence-corrected chi connectivity index (χ2v) is 17.1. The minimum absolute atomic E-state index is 0.230. The summed E-state index contributed by atoms with van der Waals surface area (Å²) >= 11 is 0. The zero-order valence-corrected chi connectivity index (χ0v) is 35.7. The number of rotatable bonds is 6. The summed E-state index contributed by atoms with van der Waals surface area (Å²) in [4.78, 5) is 0. The van der Waals surface area contributed by atoms with Crippen LogP contribution in [0.2, 0.25) is 0 Å². The van der Waals surface area contributed by atoms with Gasteiger partial charge in [-0.15, -0.1) is 0 Å². The van der Waals surface area contributed by atoms with E-state index >= 15 is 0 Å². The van der Waals surface area contributed by atoms with Crippen LogP contribution in [0.15, 0.2) is 206 Å². The molecule has 0 aliphatic rings. The molecule has 306 valence electrons. The predicted octanol–water partition coefficient (Wildman–Crippen LogP) is 16.4. The van der Waals surface area contributed by atoms with E-state index in [2.05, 4.69) is 177 Å². The van der Waals surface area contributed by atoms with Gasteiger partial charge in [0.15, 0.2) is 0 Å². The Kier molecular flexibility index (Phi) is 9.03. The summed E-state index contributed by atoms with van der Waals surface area (Å²) < 4.78 is 27.7. The van der Waals surface area contributed by atoms with Crippen molar-refractivity contribution in [2.75, 3.05) is 0 Å². The van der Waals surface area contributed by atoms with E-state index in [0.29, 0.717) is 0 Å². The molecule has 0 aliphatic heterocycles. The van der Waals surface area contributed by atoms with Crippen LogP contribution in [0.4, 0.5) is 8.78 Å². The van der Waals surface area contributed by atoms with E-state index in [1.807, 2.05) is 24.3 Å². The summed E-state index contributed by atoms with van der Waals surface area (Å²) in [6, 6.07) is 70.9. The van der Waals surface area contributed by atoms with Gasteiger partial charge in [-0.25, -0.2) is 8.78 Å². The van der Waals surface area contributed by atoms with Crippen molar-refractivity contribution in [2.24, 2.45) is 0 Å². The van der Waals surface area contributed by atoms with Gasteiger partial charge in [0, 0.05) is 0 Å². The lowest BCUT2D eigenvalue weighted by Gasteiger charge is -2.17. The highest BCUT2D eigenvalue weighted by molar-refractivity contribution is 6.27. The Morgan fingerprint density at radius 2 is 0.677 bits per heavy atom. The molecule has 0 fully saturated rings. The van der Waals surface area contributed by atoms with E-state index in [4.69, 9.17) is 0 Å². The van der Waals surface area contributed by atoms with Crippen LogP contribution < -0.4 is 10.4 Å². The molecular weight excluding hydrogens is 795 g/mol. The Labute approximate surface area is 375 Å². The van der Waals surface area contributed by atoms with Crippen LogP contribution in [-0.2, 0) is 0 Å². The average molecular weight is 835 g/mol. The summed E-state index contributed by atoms with van der Waals surface area (Å²) in [7, 11) is 0. The summed E-state index contributed by atoms with van der Waals surface area (Å²) in [5.74, 6) is -0.479. The van der Waals surface area contributed by atoms with Crippen molar-refractivity contribution in [1.29, 1.82) is 0 Å². The van der Waals surface area contributed by atoms with E-state index in [-0.39, 0.29) is 11.6 Å². The predicted molar refractivity (Wildman–Crippen MR) is 273 cm³/mol. The molecule has 12 aromatic rings. The first kappa shape index (κ1) is 38.5. The zero-order valence-electron chi connectivity index (χ0n) is 35.7. The lowest BCUT2D eigenvalue weighted by atomic mass is 9.87. The van der Waals surface area contributed by atoms with Gasteiger partial charge in [0.2, 0.25) is 0 Å². The monoisotopic (exact) mass is 834 g/mol. The number of benzene rings is 12. The highest BCUT2D eigenvalue weighted by Crippen LogP contribution is 2.43. The molecule has 0 spiro atoms. The zero-order chi connectivity index (χ0) is 43.8. The Hall–Kier alpha value is -8.20. The van der Waals surface area contributed by atoms with Crippen molar-refractivity contribution in [2.45, 2.75) is 6.92 Å². The molecule has 12 aromatic carbocycles. The van der Waals surface area contributed by atoms with Gasteiger partial charge in [0.25, 0.3) is 0 Å². The van der Waals surface area contributed by atoms with Gasteiger partial charge >= 0.3 is 0 Å². The van der Waals surface area contributed by atoms with Gasteiger partial charge in [0.1, 0.15) is 11.6 Å². The van der Waals surface area contributed by atoms with E-state index in [1.165, 1.54) is 84.0 Å². The first-order valence-electron chi connectivity index (χ1n) is 22.1. The Bertz CT molecular complexity index is 3940. The fraction of sp³-hybridized carbons (Fsp3) is 0.0159. The third-order valence-corrected chi connectivity index (χ3v) is 13.5. The topological polar surface area (TPSA) is 0 Å².